The Morgan fingerprint density at radius 2 is 1.16 bits per heavy atom. The Hall–Kier alpha value is -0.120. The molecule has 2 rings (SSSR count). The maximum absolute atomic E-state index is 2.25. The molecule has 2 heterocycles. The summed E-state index contributed by atoms with van der Waals surface area (Å²) in [4.78, 5) is 0. The molecule has 19 heavy (non-hydrogen) atoms. The van der Waals surface area contributed by atoms with E-state index >= 15 is 0 Å². The van der Waals surface area contributed by atoms with Crippen molar-refractivity contribution in [3.8, 4) is 0 Å². The van der Waals surface area contributed by atoms with Gasteiger partial charge in [-0.15, -0.1) is 9.36 Å². The standard InChI is InChI=1S/C13H22N4.2HI/c1-14-8-6-12-16(14)10-4-3-5-11-17-13-7-9-15(17)2;;/h6-9,12-13H,3-5,10-11H2,1-2H3;2*1H/q+2;;/p-2. The Labute approximate surface area is 149 Å². The van der Waals surface area contributed by atoms with E-state index in [2.05, 4.69) is 69.7 Å². The minimum Gasteiger partial charge on any atom is -1.00 e. The first-order chi connectivity index (χ1) is 8.27. The van der Waals surface area contributed by atoms with Crippen molar-refractivity contribution in [3.63, 3.8) is 0 Å². The topological polar surface area (TPSA) is 17.6 Å². The van der Waals surface area contributed by atoms with Crippen LogP contribution in [0.4, 0.5) is 0 Å². The van der Waals surface area contributed by atoms with Crippen molar-refractivity contribution in [2.45, 2.75) is 32.4 Å². The molecule has 2 aromatic rings. The highest BCUT2D eigenvalue weighted by Crippen LogP contribution is 1.99. The molecular formula is C13H22I2N4. The smallest absolute Gasteiger partial charge is 0.195 e. The summed E-state index contributed by atoms with van der Waals surface area (Å²) < 4.78 is 8.75. The third kappa shape index (κ3) is 5.80. The van der Waals surface area contributed by atoms with Crippen LogP contribution in [0.5, 0.6) is 0 Å². The van der Waals surface area contributed by atoms with E-state index in [1.807, 2.05) is 0 Å². The Kier molecular flexibility index (Phi) is 9.67. The molecule has 4 nitrogen and oxygen atoms in total. The molecular weight excluding hydrogens is 466 g/mol. The Bertz CT molecular complexity index is 422. The van der Waals surface area contributed by atoms with E-state index in [1.54, 1.807) is 0 Å². The average Bonchev–Trinajstić information content (AvgIpc) is 2.89. The molecule has 0 aliphatic rings. The fourth-order valence-corrected chi connectivity index (χ4v) is 2.10. The number of hydrogen-bond acceptors (Lipinski definition) is 0. The van der Waals surface area contributed by atoms with Crippen LogP contribution < -0.4 is 57.3 Å². The second-order valence-electron chi connectivity index (χ2n) is 4.52. The molecule has 0 bridgehead atoms. The molecule has 0 unspecified atom stereocenters. The zero-order valence-corrected chi connectivity index (χ0v) is 15.9. The minimum absolute atomic E-state index is 0. The van der Waals surface area contributed by atoms with Gasteiger partial charge in [0.05, 0.1) is 25.5 Å². The highest BCUT2D eigenvalue weighted by atomic mass is 127. The van der Waals surface area contributed by atoms with Gasteiger partial charge in [0.25, 0.3) is 0 Å². The van der Waals surface area contributed by atoms with E-state index in [0.717, 1.165) is 13.1 Å². The van der Waals surface area contributed by atoms with Crippen LogP contribution in [0.25, 0.3) is 0 Å². The highest BCUT2D eigenvalue weighted by molar-refractivity contribution is 4.72. The van der Waals surface area contributed by atoms with Crippen molar-refractivity contribution in [2.75, 3.05) is 0 Å². The van der Waals surface area contributed by atoms with Crippen LogP contribution in [0.2, 0.25) is 0 Å². The lowest BCUT2D eigenvalue weighted by atomic mass is 10.2. The SMILES string of the molecule is C[n+]1cccn1CCCCCn1ccc[n+]1C.[I-].[I-]. The summed E-state index contributed by atoms with van der Waals surface area (Å²) in [5.41, 5.74) is 0. The second-order valence-corrected chi connectivity index (χ2v) is 4.52. The molecule has 0 amide bonds. The zero-order chi connectivity index (χ0) is 12.1. The lowest BCUT2D eigenvalue weighted by Crippen LogP contribution is -3.00. The number of aromatic nitrogens is 4. The fraction of sp³-hybridized carbons (Fsp3) is 0.538. The van der Waals surface area contributed by atoms with Gasteiger partial charge in [0.1, 0.15) is 0 Å². The number of unbranched alkanes of at least 4 members (excludes halogenated alkanes) is 2. The van der Waals surface area contributed by atoms with E-state index in [0.29, 0.717) is 0 Å². The van der Waals surface area contributed by atoms with Crippen LogP contribution in [0.15, 0.2) is 36.9 Å². The van der Waals surface area contributed by atoms with E-state index in [1.165, 1.54) is 19.3 Å². The lowest BCUT2D eigenvalue weighted by molar-refractivity contribution is -0.754. The molecule has 0 radical (unpaired) electrons. The second kappa shape index (κ2) is 9.73. The van der Waals surface area contributed by atoms with Gasteiger partial charge < -0.3 is 48.0 Å². The molecule has 0 aliphatic carbocycles. The summed E-state index contributed by atoms with van der Waals surface area (Å²) in [6, 6.07) is 4.17. The van der Waals surface area contributed by atoms with Gasteiger partial charge in [0.15, 0.2) is 26.5 Å². The average molecular weight is 488 g/mol. The molecule has 2 aromatic heterocycles. The van der Waals surface area contributed by atoms with E-state index in [9.17, 15) is 0 Å². The van der Waals surface area contributed by atoms with Gasteiger partial charge in [-0.2, -0.15) is 9.36 Å². The van der Waals surface area contributed by atoms with Crippen LogP contribution in [0.3, 0.4) is 0 Å². The summed E-state index contributed by atoms with van der Waals surface area (Å²) in [6.45, 7) is 2.22. The normalized spacial score (nSPS) is 9.79. The predicted octanol–water partition coefficient (Wildman–Crippen LogP) is -5.18. The first-order valence-corrected chi connectivity index (χ1v) is 6.29. The third-order valence-electron chi connectivity index (χ3n) is 3.20. The van der Waals surface area contributed by atoms with Crippen LogP contribution in [0.1, 0.15) is 19.3 Å². The molecule has 0 saturated heterocycles. The van der Waals surface area contributed by atoms with Crippen molar-refractivity contribution in [1.82, 2.24) is 9.36 Å². The van der Waals surface area contributed by atoms with Crippen LogP contribution in [-0.4, -0.2) is 9.36 Å². The van der Waals surface area contributed by atoms with Gasteiger partial charge in [-0.1, -0.05) is 0 Å². The molecule has 6 heteroatoms. The molecule has 0 spiro atoms. The van der Waals surface area contributed by atoms with Gasteiger partial charge in [0, 0.05) is 12.1 Å². The first-order valence-electron chi connectivity index (χ1n) is 6.29. The summed E-state index contributed by atoms with van der Waals surface area (Å²) in [6.07, 6.45) is 12.2. The van der Waals surface area contributed by atoms with E-state index in [-0.39, 0.29) is 48.0 Å². The first kappa shape index (κ1) is 18.9. The quantitative estimate of drug-likeness (QED) is 0.220. The van der Waals surface area contributed by atoms with Gasteiger partial charge >= 0.3 is 0 Å². The highest BCUT2D eigenvalue weighted by Gasteiger charge is 2.03. The minimum atomic E-state index is 0. The van der Waals surface area contributed by atoms with Crippen molar-refractivity contribution in [3.05, 3.63) is 36.9 Å². The van der Waals surface area contributed by atoms with Gasteiger partial charge in [-0.05, 0) is 19.3 Å². The van der Waals surface area contributed by atoms with E-state index in [4.69, 9.17) is 0 Å². The van der Waals surface area contributed by atoms with E-state index < -0.39 is 0 Å². The largest absolute Gasteiger partial charge is 1.00 e. The van der Waals surface area contributed by atoms with Crippen molar-refractivity contribution >= 4 is 0 Å². The van der Waals surface area contributed by atoms with Crippen LogP contribution in [-0.2, 0) is 27.2 Å². The molecule has 0 aliphatic heterocycles. The summed E-state index contributed by atoms with van der Waals surface area (Å²) >= 11 is 0. The van der Waals surface area contributed by atoms with Crippen molar-refractivity contribution < 1.29 is 57.3 Å². The zero-order valence-electron chi connectivity index (χ0n) is 11.5. The van der Waals surface area contributed by atoms with Crippen molar-refractivity contribution in [1.29, 1.82) is 0 Å². The third-order valence-corrected chi connectivity index (χ3v) is 3.20. The number of nitrogens with zero attached hydrogens (tertiary/aromatic N) is 4. The summed E-state index contributed by atoms with van der Waals surface area (Å²) in [5, 5.41) is 0. The Morgan fingerprint density at radius 1 is 0.737 bits per heavy atom. The number of aryl methyl sites for hydroxylation is 4. The van der Waals surface area contributed by atoms with Crippen molar-refractivity contribution in [2.24, 2.45) is 14.1 Å². The van der Waals surface area contributed by atoms with Gasteiger partial charge in [0.2, 0.25) is 0 Å². The van der Waals surface area contributed by atoms with Crippen LogP contribution in [0, 0.1) is 0 Å². The molecule has 0 saturated carbocycles. The number of halogens is 2. The summed E-state index contributed by atoms with van der Waals surface area (Å²) in [7, 11) is 4.17. The Morgan fingerprint density at radius 3 is 1.47 bits per heavy atom. The monoisotopic (exact) mass is 488 g/mol. The lowest BCUT2D eigenvalue weighted by Gasteiger charge is -2.02. The predicted molar refractivity (Wildman–Crippen MR) is 65.1 cm³/mol. The van der Waals surface area contributed by atoms with Gasteiger partial charge in [-0.25, -0.2) is 0 Å². The maximum atomic E-state index is 2.25. The van der Waals surface area contributed by atoms with Crippen LogP contribution >= 0.6 is 0 Å². The summed E-state index contributed by atoms with van der Waals surface area (Å²) in [5.74, 6) is 0. The number of rotatable bonds is 6. The molecule has 108 valence electrons. The molecule has 0 atom stereocenters. The van der Waals surface area contributed by atoms with Gasteiger partial charge in [-0.3, -0.25) is 0 Å². The molecule has 0 fully saturated rings. The Balaban J connectivity index is 0.00000162. The number of hydrogen-bond donors (Lipinski definition) is 0. The maximum Gasteiger partial charge on any atom is 0.195 e. The fourth-order valence-electron chi connectivity index (χ4n) is 2.10. The molecule has 0 aromatic carbocycles. The molecule has 0 N–H and O–H groups in total.